The molecule has 3 rings (SSSR count). The van der Waals surface area contributed by atoms with Crippen molar-refractivity contribution in [1.82, 2.24) is 20.0 Å². The van der Waals surface area contributed by atoms with E-state index in [0.717, 1.165) is 0 Å². The molecule has 2 N–H and O–H groups in total. The van der Waals surface area contributed by atoms with Gasteiger partial charge in [0.15, 0.2) is 0 Å². The third-order valence-corrected chi connectivity index (χ3v) is 4.59. The summed E-state index contributed by atoms with van der Waals surface area (Å²) in [4.78, 5) is 25.8. The Balaban J connectivity index is 1.68. The van der Waals surface area contributed by atoms with Crippen LogP contribution in [-0.4, -0.2) is 64.6 Å². The van der Waals surface area contributed by atoms with Gasteiger partial charge in [-0.2, -0.15) is 5.10 Å². The highest BCUT2D eigenvalue weighted by atomic mass is 16.5. The number of likely N-dealkylation sites (tertiary alicyclic amines) is 1. The van der Waals surface area contributed by atoms with E-state index in [1.54, 1.807) is 34.1 Å². The number of amides is 2. The van der Waals surface area contributed by atoms with Gasteiger partial charge < -0.3 is 20.1 Å². The zero-order chi connectivity index (χ0) is 18.5. The van der Waals surface area contributed by atoms with Crippen LogP contribution in [-0.2, 0) is 4.74 Å². The number of benzene rings is 1. The molecule has 2 heterocycles. The lowest BCUT2D eigenvalue weighted by Crippen LogP contribution is -2.49. The van der Waals surface area contributed by atoms with Gasteiger partial charge in [0.1, 0.15) is 0 Å². The van der Waals surface area contributed by atoms with Crippen LogP contribution in [0.2, 0.25) is 0 Å². The molecule has 0 saturated carbocycles. The standard InChI is InChI=1S/C18H22N4O4/c1-26-18(25)19-11-13-7-10-21(12-16(13)23)17(24)14-5-2-3-6-15(14)22-9-4-8-20-22/h2-6,8-9,13,16,23H,7,10-12H2,1H3,(H,19,25)/t13-,16+/m0/s1. The number of para-hydroxylation sites is 1. The minimum atomic E-state index is -0.707. The van der Waals surface area contributed by atoms with Crippen LogP contribution in [0.15, 0.2) is 42.7 Å². The minimum absolute atomic E-state index is 0.112. The molecule has 8 nitrogen and oxygen atoms in total. The quantitative estimate of drug-likeness (QED) is 0.852. The second-order valence-electron chi connectivity index (χ2n) is 6.21. The summed E-state index contributed by atoms with van der Waals surface area (Å²) in [6.07, 6.45) is 2.81. The van der Waals surface area contributed by atoms with E-state index in [-0.39, 0.29) is 18.4 Å². The maximum atomic E-state index is 13.0. The van der Waals surface area contributed by atoms with E-state index in [0.29, 0.717) is 30.8 Å². The van der Waals surface area contributed by atoms with Crippen LogP contribution in [0.5, 0.6) is 0 Å². The highest BCUT2D eigenvalue weighted by molar-refractivity contribution is 5.97. The molecule has 8 heteroatoms. The molecular formula is C18H22N4O4. The lowest BCUT2D eigenvalue weighted by molar-refractivity contribution is 0.0198. The highest BCUT2D eigenvalue weighted by Crippen LogP contribution is 2.22. The molecule has 1 aliphatic heterocycles. The summed E-state index contributed by atoms with van der Waals surface area (Å²) in [5.41, 5.74) is 1.24. The van der Waals surface area contributed by atoms with Gasteiger partial charge in [0.05, 0.1) is 24.5 Å². The molecule has 0 aliphatic carbocycles. The molecule has 1 aliphatic rings. The lowest BCUT2D eigenvalue weighted by Gasteiger charge is -2.36. The van der Waals surface area contributed by atoms with Crippen molar-refractivity contribution in [3.05, 3.63) is 48.3 Å². The minimum Gasteiger partial charge on any atom is -0.453 e. The summed E-state index contributed by atoms with van der Waals surface area (Å²) in [5.74, 6) is -0.256. The van der Waals surface area contributed by atoms with Gasteiger partial charge >= 0.3 is 6.09 Å². The highest BCUT2D eigenvalue weighted by Gasteiger charge is 2.31. The van der Waals surface area contributed by atoms with Crippen LogP contribution in [0.3, 0.4) is 0 Å². The summed E-state index contributed by atoms with van der Waals surface area (Å²) < 4.78 is 6.19. The van der Waals surface area contributed by atoms with Crippen molar-refractivity contribution in [2.45, 2.75) is 12.5 Å². The number of carbonyl (C=O) groups is 2. The fraction of sp³-hybridized carbons (Fsp3) is 0.389. The van der Waals surface area contributed by atoms with Crippen molar-refractivity contribution in [1.29, 1.82) is 0 Å². The summed E-state index contributed by atoms with van der Waals surface area (Å²) in [6, 6.07) is 9.06. The molecule has 0 bridgehead atoms. The Morgan fingerprint density at radius 2 is 2.15 bits per heavy atom. The zero-order valence-corrected chi connectivity index (χ0v) is 14.5. The molecular weight excluding hydrogens is 336 g/mol. The number of carbonyl (C=O) groups excluding carboxylic acids is 2. The fourth-order valence-corrected chi connectivity index (χ4v) is 3.13. The molecule has 0 unspecified atom stereocenters. The molecule has 0 spiro atoms. The smallest absolute Gasteiger partial charge is 0.406 e. The van der Waals surface area contributed by atoms with Gasteiger partial charge in [0.2, 0.25) is 0 Å². The first-order valence-electron chi connectivity index (χ1n) is 8.48. The Morgan fingerprint density at radius 1 is 1.35 bits per heavy atom. The number of piperidine rings is 1. The van der Waals surface area contributed by atoms with Gasteiger partial charge in [-0.05, 0) is 24.6 Å². The van der Waals surface area contributed by atoms with Gasteiger partial charge in [0, 0.05) is 37.9 Å². The normalized spacial score (nSPS) is 19.8. The molecule has 138 valence electrons. The van der Waals surface area contributed by atoms with Crippen LogP contribution in [0.25, 0.3) is 5.69 Å². The summed E-state index contributed by atoms with van der Waals surface area (Å²) in [5, 5.41) is 17.2. The van der Waals surface area contributed by atoms with Gasteiger partial charge in [0.25, 0.3) is 5.91 Å². The number of methoxy groups -OCH3 is 1. The first-order chi connectivity index (χ1) is 12.6. The number of nitrogens with zero attached hydrogens (tertiary/aromatic N) is 3. The first-order valence-corrected chi connectivity index (χ1v) is 8.48. The molecule has 2 atom stereocenters. The summed E-state index contributed by atoms with van der Waals surface area (Å²) in [7, 11) is 1.30. The van der Waals surface area contributed by atoms with E-state index in [1.165, 1.54) is 7.11 Å². The maximum Gasteiger partial charge on any atom is 0.406 e. The van der Waals surface area contributed by atoms with Crippen molar-refractivity contribution in [3.8, 4) is 5.69 Å². The number of hydrogen-bond acceptors (Lipinski definition) is 5. The van der Waals surface area contributed by atoms with E-state index in [4.69, 9.17) is 0 Å². The average Bonchev–Trinajstić information content (AvgIpc) is 3.20. The number of β-amino-alcohol motifs (C(OH)–C–C–N with tert-alkyl or cyclic N) is 1. The molecule has 0 radical (unpaired) electrons. The van der Waals surface area contributed by atoms with Crippen molar-refractivity contribution in [2.75, 3.05) is 26.7 Å². The molecule has 2 amide bonds. The van der Waals surface area contributed by atoms with E-state index in [1.807, 2.05) is 18.2 Å². The lowest BCUT2D eigenvalue weighted by atomic mass is 9.93. The first kappa shape index (κ1) is 17.9. The number of aliphatic hydroxyl groups is 1. The summed E-state index contributed by atoms with van der Waals surface area (Å²) in [6.45, 7) is 1.05. The molecule has 1 aromatic carbocycles. The number of hydrogen-bond donors (Lipinski definition) is 2. The molecule has 1 saturated heterocycles. The van der Waals surface area contributed by atoms with Crippen LogP contribution >= 0.6 is 0 Å². The molecule has 1 aromatic heterocycles. The van der Waals surface area contributed by atoms with Crippen molar-refractivity contribution in [2.24, 2.45) is 5.92 Å². The largest absolute Gasteiger partial charge is 0.453 e. The third-order valence-electron chi connectivity index (χ3n) is 4.59. The number of alkyl carbamates (subject to hydrolysis) is 1. The van der Waals surface area contributed by atoms with Crippen molar-refractivity contribution in [3.63, 3.8) is 0 Å². The topological polar surface area (TPSA) is 96.7 Å². The van der Waals surface area contributed by atoms with E-state index >= 15 is 0 Å². The number of aliphatic hydroxyl groups excluding tert-OH is 1. The van der Waals surface area contributed by atoms with Crippen molar-refractivity contribution >= 4 is 12.0 Å². The second-order valence-corrected chi connectivity index (χ2v) is 6.21. The Labute approximate surface area is 151 Å². The number of ether oxygens (including phenoxy) is 1. The Morgan fingerprint density at radius 3 is 2.85 bits per heavy atom. The van der Waals surface area contributed by atoms with Crippen molar-refractivity contribution < 1.29 is 19.4 Å². The van der Waals surface area contributed by atoms with Gasteiger partial charge in [-0.15, -0.1) is 0 Å². The van der Waals surface area contributed by atoms with E-state index in [2.05, 4.69) is 15.2 Å². The van der Waals surface area contributed by atoms with E-state index < -0.39 is 12.2 Å². The van der Waals surface area contributed by atoms with Crippen LogP contribution in [0.4, 0.5) is 4.79 Å². The molecule has 2 aromatic rings. The van der Waals surface area contributed by atoms with Crippen LogP contribution in [0.1, 0.15) is 16.8 Å². The third kappa shape index (κ3) is 3.85. The Hall–Kier alpha value is -2.87. The van der Waals surface area contributed by atoms with Gasteiger partial charge in [-0.1, -0.05) is 12.1 Å². The SMILES string of the molecule is COC(=O)NC[C@@H]1CCN(C(=O)c2ccccc2-n2cccn2)C[C@H]1O. The number of rotatable bonds is 4. The molecule has 1 fully saturated rings. The Kier molecular flexibility index (Phi) is 5.52. The summed E-state index contributed by atoms with van der Waals surface area (Å²) >= 11 is 0. The number of nitrogens with one attached hydrogen (secondary N) is 1. The fourth-order valence-electron chi connectivity index (χ4n) is 3.13. The monoisotopic (exact) mass is 358 g/mol. The van der Waals surface area contributed by atoms with Crippen LogP contribution in [0, 0.1) is 5.92 Å². The van der Waals surface area contributed by atoms with Gasteiger partial charge in [-0.25, -0.2) is 9.48 Å². The predicted octanol–water partition coefficient (Wildman–Crippen LogP) is 1.05. The molecule has 26 heavy (non-hydrogen) atoms. The predicted molar refractivity (Wildman–Crippen MR) is 94.0 cm³/mol. The van der Waals surface area contributed by atoms with Crippen LogP contribution < -0.4 is 5.32 Å². The Bertz CT molecular complexity index is 762. The average molecular weight is 358 g/mol. The second kappa shape index (κ2) is 8.01. The zero-order valence-electron chi connectivity index (χ0n) is 14.5. The van der Waals surface area contributed by atoms with Gasteiger partial charge in [-0.3, -0.25) is 4.79 Å². The van der Waals surface area contributed by atoms with E-state index in [9.17, 15) is 14.7 Å². The number of aromatic nitrogens is 2. The maximum absolute atomic E-state index is 13.0.